The third kappa shape index (κ3) is 5.45. The monoisotopic (exact) mass is 255 g/mol. The molecular weight excluding hydrogens is 230 g/mol. The van der Waals surface area contributed by atoms with E-state index in [4.69, 9.17) is 0 Å². The molecular formula is C15H26ClN. The number of para-hydroxylation sites is 1. The van der Waals surface area contributed by atoms with Crippen LogP contribution in [0.25, 0.3) is 0 Å². The molecule has 1 aromatic rings. The van der Waals surface area contributed by atoms with Crippen molar-refractivity contribution in [2.75, 3.05) is 18.0 Å². The van der Waals surface area contributed by atoms with Gasteiger partial charge in [-0.2, -0.15) is 0 Å². The molecule has 0 aliphatic rings. The fraction of sp³-hybridized carbons (Fsp3) is 0.600. The van der Waals surface area contributed by atoms with Crippen molar-refractivity contribution in [1.82, 2.24) is 0 Å². The first-order chi connectivity index (χ1) is 7.79. The van der Waals surface area contributed by atoms with E-state index in [2.05, 4.69) is 49.9 Å². The average molecular weight is 256 g/mol. The second-order valence-electron chi connectivity index (χ2n) is 4.48. The Morgan fingerprint density at radius 2 is 1.47 bits per heavy atom. The quantitative estimate of drug-likeness (QED) is 0.675. The van der Waals surface area contributed by atoms with Crippen LogP contribution in [0.4, 0.5) is 5.69 Å². The van der Waals surface area contributed by atoms with Crippen molar-refractivity contribution in [3.05, 3.63) is 29.8 Å². The first-order valence-electron chi connectivity index (χ1n) is 6.60. The number of aryl methyl sites for hydroxylation is 1. The number of benzene rings is 1. The molecule has 17 heavy (non-hydrogen) atoms. The third-order valence-corrected chi connectivity index (χ3v) is 3.02. The van der Waals surface area contributed by atoms with Gasteiger partial charge in [0.1, 0.15) is 0 Å². The molecule has 1 rings (SSSR count). The highest BCUT2D eigenvalue weighted by Crippen LogP contribution is 2.20. The SMILES string of the molecule is CCCCN(CCCC)c1ccccc1C.Cl. The summed E-state index contributed by atoms with van der Waals surface area (Å²) in [7, 11) is 0. The van der Waals surface area contributed by atoms with E-state index in [1.165, 1.54) is 50.0 Å². The van der Waals surface area contributed by atoms with E-state index in [0.717, 1.165) is 0 Å². The molecule has 0 radical (unpaired) electrons. The zero-order valence-corrected chi connectivity index (χ0v) is 12.2. The van der Waals surface area contributed by atoms with Gasteiger partial charge in [-0.1, -0.05) is 44.9 Å². The molecule has 0 atom stereocenters. The van der Waals surface area contributed by atoms with Gasteiger partial charge in [0, 0.05) is 18.8 Å². The minimum atomic E-state index is 0. The lowest BCUT2D eigenvalue weighted by Crippen LogP contribution is -2.26. The molecule has 0 N–H and O–H groups in total. The molecule has 0 spiro atoms. The Morgan fingerprint density at radius 3 is 1.94 bits per heavy atom. The van der Waals surface area contributed by atoms with Crippen LogP contribution >= 0.6 is 12.4 Å². The minimum Gasteiger partial charge on any atom is -0.371 e. The molecule has 0 heterocycles. The van der Waals surface area contributed by atoms with Crippen LogP contribution in [0.1, 0.15) is 45.1 Å². The number of hydrogen-bond acceptors (Lipinski definition) is 1. The van der Waals surface area contributed by atoms with Crippen LogP contribution < -0.4 is 4.90 Å². The molecule has 0 aliphatic carbocycles. The largest absolute Gasteiger partial charge is 0.371 e. The molecule has 2 heteroatoms. The van der Waals surface area contributed by atoms with E-state index >= 15 is 0 Å². The summed E-state index contributed by atoms with van der Waals surface area (Å²) in [6.07, 6.45) is 5.12. The number of nitrogens with zero attached hydrogens (tertiary/aromatic N) is 1. The summed E-state index contributed by atoms with van der Waals surface area (Å²) in [6.45, 7) is 9.12. The first-order valence-corrected chi connectivity index (χ1v) is 6.60. The van der Waals surface area contributed by atoms with Gasteiger partial charge >= 0.3 is 0 Å². The van der Waals surface area contributed by atoms with Crippen molar-refractivity contribution < 1.29 is 0 Å². The lowest BCUT2D eigenvalue weighted by Gasteiger charge is -2.26. The van der Waals surface area contributed by atoms with Crippen molar-refractivity contribution in [3.8, 4) is 0 Å². The lowest BCUT2D eigenvalue weighted by atomic mass is 10.1. The summed E-state index contributed by atoms with van der Waals surface area (Å²) in [5.74, 6) is 0. The topological polar surface area (TPSA) is 3.24 Å². The Balaban J connectivity index is 0.00000256. The lowest BCUT2D eigenvalue weighted by molar-refractivity contribution is 0.677. The Hall–Kier alpha value is -0.690. The fourth-order valence-electron chi connectivity index (χ4n) is 1.97. The molecule has 0 saturated heterocycles. The highest BCUT2D eigenvalue weighted by atomic mass is 35.5. The molecule has 0 aliphatic heterocycles. The zero-order chi connectivity index (χ0) is 11.8. The van der Waals surface area contributed by atoms with Crippen molar-refractivity contribution in [2.24, 2.45) is 0 Å². The highest BCUT2D eigenvalue weighted by molar-refractivity contribution is 5.85. The van der Waals surface area contributed by atoms with E-state index in [1.807, 2.05) is 0 Å². The Morgan fingerprint density at radius 1 is 0.941 bits per heavy atom. The maximum atomic E-state index is 2.54. The predicted molar refractivity (Wildman–Crippen MR) is 80.5 cm³/mol. The summed E-state index contributed by atoms with van der Waals surface area (Å²) in [6, 6.07) is 8.73. The van der Waals surface area contributed by atoms with Crippen LogP contribution in [0.2, 0.25) is 0 Å². The first kappa shape index (κ1) is 16.3. The van der Waals surface area contributed by atoms with Crippen molar-refractivity contribution in [2.45, 2.75) is 46.5 Å². The molecule has 0 bridgehead atoms. The number of halogens is 1. The van der Waals surface area contributed by atoms with Gasteiger partial charge in [0.2, 0.25) is 0 Å². The van der Waals surface area contributed by atoms with Gasteiger partial charge in [-0.3, -0.25) is 0 Å². The van der Waals surface area contributed by atoms with E-state index in [0.29, 0.717) is 0 Å². The second kappa shape index (κ2) is 9.35. The van der Waals surface area contributed by atoms with Crippen molar-refractivity contribution in [3.63, 3.8) is 0 Å². The van der Waals surface area contributed by atoms with Crippen LogP contribution in [-0.4, -0.2) is 13.1 Å². The molecule has 0 fully saturated rings. The smallest absolute Gasteiger partial charge is 0.0395 e. The van der Waals surface area contributed by atoms with Crippen molar-refractivity contribution in [1.29, 1.82) is 0 Å². The van der Waals surface area contributed by atoms with Gasteiger partial charge in [0.15, 0.2) is 0 Å². The summed E-state index contributed by atoms with van der Waals surface area (Å²) < 4.78 is 0. The Labute approximate surface area is 113 Å². The zero-order valence-electron chi connectivity index (χ0n) is 11.4. The van der Waals surface area contributed by atoms with Gasteiger partial charge in [-0.15, -0.1) is 12.4 Å². The maximum absolute atomic E-state index is 2.54. The van der Waals surface area contributed by atoms with Gasteiger partial charge in [-0.25, -0.2) is 0 Å². The number of hydrogen-bond donors (Lipinski definition) is 0. The van der Waals surface area contributed by atoms with Crippen LogP contribution in [0.5, 0.6) is 0 Å². The third-order valence-electron chi connectivity index (χ3n) is 3.02. The number of rotatable bonds is 7. The molecule has 0 amide bonds. The summed E-state index contributed by atoms with van der Waals surface area (Å²) in [5, 5.41) is 0. The highest BCUT2D eigenvalue weighted by Gasteiger charge is 2.07. The van der Waals surface area contributed by atoms with E-state index < -0.39 is 0 Å². The predicted octanol–water partition coefficient (Wildman–Crippen LogP) is 4.82. The average Bonchev–Trinajstić information content (AvgIpc) is 2.31. The minimum absolute atomic E-state index is 0. The van der Waals surface area contributed by atoms with Gasteiger partial charge < -0.3 is 4.90 Å². The van der Waals surface area contributed by atoms with Crippen molar-refractivity contribution >= 4 is 18.1 Å². The molecule has 1 nitrogen and oxygen atoms in total. The standard InChI is InChI=1S/C15H25N.ClH/c1-4-6-12-16(13-7-5-2)15-11-9-8-10-14(15)3;/h8-11H,4-7,12-13H2,1-3H3;1H. The van der Waals surface area contributed by atoms with Gasteiger partial charge in [0.25, 0.3) is 0 Å². The summed E-state index contributed by atoms with van der Waals surface area (Å²) >= 11 is 0. The molecule has 1 aromatic carbocycles. The number of anilines is 1. The Bertz CT molecular complexity index is 291. The summed E-state index contributed by atoms with van der Waals surface area (Å²) in [5.41, 5.74) is 2.82. The van der Waals surface area contributed by atoms with E-state index in [1.54, 1.807) is 0 Å². The molecule has 0 saturated carbocycles. The van der Waals surface area contributed by atoms with Crippen LogP contribution in [0.3, 0.4) is 0 Å². The normalized spacial score (nSPS) is 9.82. The maximum Gasteiger partial charge on any atom is 0.0395 e. The Kier molecular flexibility index (Phi) is 8.97. The number of unbranched alkanes of at least 4 members (excludes halogenated alkanes) is 2. The fourth-order valence-corrected chi connectivity index (χ4v) is 1.97. The molecule has 0 aromatic heterocycles. The molecule has 98 valence electrons. The van der Waals surface area contributed by atoms with E-state index in [9.17, 15) is 0 Å². The summed E-state index contributed by atoms with van der Waals surface area (Å²) in [4.78, 5) is 2.54. The van der Waals surface area contributed by atoms with Crippen LogP contribution in [0.15, 0.2) is 24.3 Å². The van der Waals surface area contributed by atoms with Crippen LogP contribution in [-0.2, 0) is 0 Å². The molecule has 0 unspecified atom stereocenters. The second-order valence-corrected chi connectivity index (χ2v) is 4.48. The van der Waals surface area contributed by atoms with E-state index in [-0.39, 0.29) is 12.4 Å². The van der Waals surface area contributed by atoms with Crippen LogP contribution in [0, 0.1) is 6.92 Å². The van der Waals surface area contributed by atoms with Gasteiger partial charge in [0.05, 0.1) is 0 Å². The van der Waals surface area contributed by atoms with Gasteiger partial charge in [-0.05, 0) is 31.4 Å².